The lowest BCUT2D eigenvalue weighted by atomic mass is 9.93. The maximum Gasteiger partial charge on any atom is 0.401 e. The number of alkyl halides is 3. The fourth-order valence-electron chi connectivity index (χ4n) is 3.24. The third-order valence-electron chi connectivity index (χ3n) is 4.66. The molecule has 27 heavy (non-hydrogen) atoms. The molecule has 0 spiro atoms. The minimum atomic E-state index is -4.10. The van der Waals surface area contributed by atoms with Crippen LogP contribution in [0.5, 0.6) is 0 Å². The highest BCUT2D eigenvalue weighted by atomic mass is 19.4. The Bertz CT molecular complexity index is 554. The van der Waals surface area contributed by atoms with Crippen LogP contribution in [0.3, 0.4) is 0 Å². The van der Waals surface area contributed by atoms with E-state index in [-0.39, 0.29) is 0 Å². The molecule has 152 valence electrons. The Balaban J connectivity index is 1.67. The first-order valence-corrected chi connectivity index (χ1v) is 9.67. The summed E-state index contributed by atoms with van der Waals surface area (Å²) < 4.78 is 37.3. The summed E-state index contributed by atoms with van der Waals surface area (Å²) in [6, 6.07) is 5.87. The van der Waals surface area contributed by atoms with Crippen LogP contribution in [0.15, 0.2) is 29.4 Å². The van der Waals surface area contributed by atoms with Crippen LogP contribution in [0.1, 0.15) is 31.9 Å². The van der Waals surface area contributed by atoms with Gasteiger partial charge in [-0.1, -0.05) is 6.07 Å². The molecule has 1 aromatic heterocycles. The molecular formula is C19H30F3N5. The Morgan fingerprint density at radius 1 is 1.26 bits per heavy atom. The maximum atomic E-state index is 12.4. The number of likely N-dealkylation sites (tertiary alicyclic amines) is 1. The molecule has 1 aliphatic rings. The summed E-state index contributed by atoms with van der Waals surface area (Å²) in [5, 5.41) is 6.53. The molecule has 0 unspecified atom stereocenters. The Morgan fingerprint density at radius 2 is 2.04 bits per heavy atom. The first-order valence-electron chi connectivity index (χ1n) is 9.67. The minimum absolute atomic E-state index is 0.453. The smallest absolute Gasteiger partial charge is 0.357 e. The van der Waals surface area contributed by atoms with Crippen molar-refractivity contribution in [2.24, 2.45) is 10.9 Å². The number of pyridine rings is 1. The Labute approximate surface area is 159 Å². The molecule has 5 nitrogen and oxygen atoms in total. The van der Waals surface area contributed by atoms with E-state index in [2.05, 4.69) is 20.6 Å². The molecule has 0 aromatic carbocycles. The molecule has 1 saturated heterocycles. The highest BCUT2D eigenvalue weighted by Crippen LogP contribution is 2.24. The number of nitrogens with one attached hydrogen (secondary N) is 2. The Hall–Kier alpha value is -1.83. The van der Waals surface area contributed by atoms with Gasteiger partial charge in [-0.3, -0.25) is 14.9 Å². The molecule has 1 fully saturated rings. The largest absolute Gasteiger partial charge is 0.401 e. The summed E-state index contributed by atoms with van der Waals surface area (Å²) >= 11 is 0. The zero-order chi connectivity index (χ0) is 19.5. The van der Waals surface area contributed by atoms with Crippen LogP contribution in [0.4, 0.5) is 13.2 Å². The van der Waals surface area contributed by atoms with Crippen LogP contribution in [-0.4, -0.2) is 61.3 Å². The van der Waals surface area contributed by atoms with Crippen molar-refractivity contribution in [3.05, 3.63) is 30.1 Å². The molecular weight excluding hydrogens is 355 g/mol. The number of piperidine rings is 1. The quantitative estimate of drug-likeness (QED) is 0.534. The fourth-order valence-corrected chi connectivity index (χ4v) is 3.24. The van der Waals surface area contributed by atoms with Gasteiger partial charge in [0.15, 0.2) is 5.96 Å². The van der Waals surface area contributed by atoms with Gasteiger partial charge in [0.25, 0.3) is 0 Å². The van der Waals surface area contributed by atoms with Crippen molar-refractivity contribution in [1.29, 1.82) is 0 Å². The molecule has 0 radical (unpaired) electrons. The summed E-state index contributed by atoms with van der Waals surface area (Å²) in [5.74, 6) is 1.23. The second-order valence-electron chi connectivity index (χ2n) is 6.88. The predicted molar refractivity (Wildman–Crippen MR) is 102 cm³/mol. The Kier molecular flexibility index (Phi) is 8.84. The number of guanidine groups is 1. The zero-order valence-corrected chi connectivity index (χ0v) is 15.9. The lowest BCUT2D eigenvalue weighted by molar-refractivity contribution is -0.148. The molecule has 2 rings (SSSR count). The topological polar surface area (TPSA) is 52.6 Å². The third-order valence-corrected chi connectivity index (χ3v) is 4.66. The van der Waals surface area contributed by atoms with E-state index >= 15 is 0 Å². The van der Waals surface area contributed by atoms with Crippen molar-refractivity contribution >= 4 is 5.96 Å². The van der Waals surface area contributed by atoms with E-state index in [1.165, 1.54) is 4.90 Å². The highest BCUT2D eigenvalue weighted by molar-refractivity contribution is 5.79. The van der Waals surface area contributed by atoms with Crippen molar-refractivity contribution < 1.29 is 13.2 Å². The second kappa shape index (κ2) is 11.1. The van der Waals surface area contributed by atoms with Gasteiger partial charge in [0.05, 0.1) is 6.54 Å². The van der Waals surface area contributed by atoms with Crippen LogP contribution in [0.2, 0.25) is 0 Å². The van der Waals surface area contributed by atoms with Gasteiger partial charge in [-0.2, -0.15) is 13.2 Å². The number of hydrogen-bond acceptors (Lipinski definition) is 3. The summed E-state index contributed by atoms with van der Waals surface area (Å²) in [7, 11) is 0. The average molecular weight is 385 g/mol. The van der Waals surface area contributed by atoms with E-state index in [9.17, 15) is 13.2 Å². The van der Waals surface area contributed by atoms with Crippen molar-refractivity contribution in [3.63, 3.8) is 0 Å². The molecule has 2 heterocycles. The number of nitrogens with zero attached hydrogens (tertiary/aromatic N) is 3. The SMILES string of the molecule is CCNC(=NCCC1CCN(CC(F)(F)F)CC1)NCCc1ccccn1. The van der Waals surface area contributed by atoms with Crippen molar-refractivity contribution in [2.45, 2.75) is 38.8 Å². The van der Waals surface area contributed by atoms with Crippen LogP contribution in [0, 0.1) is 5.92 Å². The van der Waals surface area contributed by atoms with Gasteiger partial charge in [0.1, 0.15) is 0 Å². The van der Waals surface area contributed by atoms with E-state index in [1.807, 2.05) is 25.1 Å². The number of aromatic nitrogens is 1. The minimum Gasteiger partial charge on any atom is -0.357 e. The van der Waals surface area contributed by atoms with E-state index in [4.69, 9.17) is 0 Å². The van der Waals surface area contributed by atoms with Gasteiger partial charge in [0, 0.05) is 37.9 Å². The summed E-state index contributed by atoms with van der Waals surface area (Å²) in [4.78, 5) is 10.4. The molecule has 2 N–H and O–H groups in total. The number of rotatable bonds is 8. The van der Waals surface area contributed by atoms with Crippen molar-refractivity contribution in [3.8, 4) is 0 Å². The van der Waals surface area contributed by atoms with Gasteiger partial charge < -0.3 is 10.6 Å². The normalized spacial score (nSPS) is 17.1. The lowest BCUT2D eigenvalue weighted by Crippen LogP contribution is -2.40. The second-order valence-corrected chi connectivity index (χ2v) is 6.88. The maximum absolute atomic E-state index is 12.4. The van der Waals surface area contributed by atoms with E-state index < -0.39 is 12.7 Å². The lowest BCUT2D eigenvalue weighted by Gasteiger charge is -2.32. The van der Waals surface area contributed by atoms with Gasteiger partial charge in [-0.25, -0.2) is 0 Å². The molecule has 1 aliphatic heterocycles. The molecule has 0 atom stereocenters. The fraction of sp³-hybridized carbons (Fsp3) is 0.684. The Morgan fingerprint density at radius 3 is 2.67 bits per heavy atom. The van der Waals surface area contributed by atoms with Gasteiger partial charge in [0.2, 0.25) is 0 Å². The number of halogens is 3. The van der Waals surface area contributed by atoms with Crippen molar-refractivity contribution in [1.82, 2.24) is 20.5 Å². The molecule has 0 saturated carbocycles. The van der Waals surface area contributed by atoms with Crippen LogP contribution in [-0.2, 0) is 6.42 Å². The molecule has 8 heteroatoms. The first kappa shape index (κ1) is 21.5. The van der Waals surface area contributed by atoms with Gasteiger partial charge in [-0.05, 0) is 57.3 Å². The van der Waals surface area contributed by atoms with Crippen molar-refractivity contribution in [2.75, 3.05) is 39.3 Å². The van der Waals surface area contributed by atoms with E-state index in [1.54, 1.807) is 6.20 Å². The number of aliphatic imine (C=N–C) groups is 1. The molecule has 0 bridgehead atoms. The average Bonchev–Trinajstić information content (AvgIpc) is 2.63. The van der Waals surface area contributed by atoms with E-state index in [0.717, 1.165) is 50.4 Å². The highest BCUT2D eigenvalue weighted by Gasteiger charge is 2.32. The van der Waals surface area contributed by atoms with Gasteiger partial charge >= 0.3 is 6.18 Å². The summed E-state index contributed by atoms with van der Waals surface area (Å²) in [6.45, 7) is 4.49. The van der Waals surface area contributed by atoms with Crippen LogP contribution >= 0.6 is 0 Å². The standard InChI is InChI=1S/C19H30F3N5/c1-2-23-18(26-12-7-17-5-3-4-10-24-17)25-11-6-16-8-13-27(14-9-16)15-19(20,21)22/h3-5,10,16H,2,6-9,11-15H2,1H3,(H2,23,25,26). The first-order chi connectivity index (χ1) is 13.0. The van der Waals surface area contributed by atoms with Gasteiger partial charge in [-0.15, -0.1) is 0 Å². The van der Waals surface area contributed by atoms with Crippen LogP contribution < -0.4 is 10.6 Å². The molecule has 1 aromatic rings. The molecule has 0 aliphatic carbocycles. The molecule has 0 amide bonds. The third kappa shape index (κ3) is 9.08. The zero-order valence-electron chi connectivity index (χ0n) is 15.9. The summed E-state index contributed by atoms with van der Waals surface area (Å²) in [5.41, 5.74) is 1.03. The van der Waals surface area contributed by atoms with Crippen LogP contribution in [0.25, 0.3) is 0 Å². The van der Waals surface area contributed by atoms with E-state index in [0.29, 0.717) is 25.6 Å². The number of hydrogen-bond donors (Lipinski definition) is 2. The predicted octanol–water partition coefficient (Wildman–Crippen LogP) is 2.84. The monoisotopic (exact) mass is 385 g/mol. The summed E-state index contributed by atoms with van der Waals surface area (Å²) in [6.07, 6.45) is 1.05.